The van der Waals surface area contributed by atoms with E-state index in [0.29, 0.717) is 12.4 Å². The van der Waals surface area contributed by atoms with E-state index in [2.05, 4.69) is 33.4 Å². The Bertz CT molecular complexity index is 857. The third-order valence-corrected chi connectivity index (χ3v) is 4.78. The van der Waals surface area contributed by atoms with E-state index >= 15 is 0 Å². The van der Waals surface area contributed by atoms with Crippen molar-refractivity contribution in [1.29, 1.82) is 0 Å². The van der Waals surface area contributed by atoms with Gasteiger partial charge in [-0.25, -0.2) is 9.79 Å². The van der Waals surface area contributed by atoms with Crippen molar-refractivity contribution in [3.8, 4) is 5.75 Å². The third kappa shape index (κ3) is 9.52. The molecule has 1 aromatic carbocycles. The Hall–Kier alpha value is -3.56. The highest BCUT2D eigenvalue weighted by Gasteiger charge is 2.30. The second-order valence-electron chi connectivity index (χ2n) is 7.69. The number of benzene rings is 1. The van der Waals surface area contributed by atoms with Crippen LogP contribution in [0.4, 0.5) is 0 Å². The van der Waals surface area contributed by atoms with Gasteiger partial charge in [0.1, 0.15) is 30.5 Å². The predicted molar refractivity (Wildman–Crippen MR) is 130 cm³/mol. The summed E-state index contributed by atoms with van der Waals surface area (Å²) in [5.41, 5.74) is 0.808. The van der Waals surface area contributed by atoms with Gasteiger partial charge in [-0.05, 0) is 30.0 Å². The molecule has 34 heavy (non-hydrogen) atoms. The molecular formula is C24H32BN3O6. The maximum atomic E-state index is 13.0. The van der Waals surface area contributed by atoms with Gasteiger partial charge in [0, 0.05) is 6.42 Å². The second-order valence-corrected chi connectivity index (χ2v) is 7.69. The van der Waals surface area contributed by atoms with Gasteiger partial charge in [-0.3, -0.25) is 9.59 Å². The largest absolute Gasteiger partial charge is 0.560 e. The Balaban J connectivity index is 2.97. The summed E-state index contributed by atoms with van der Waals surface area (Å²) in [6.07, 6.45) is 4.51. The molecule has 0 aliphatic rings. The molecule has 0 heterocycles. The molecule has 2 N–H and O–H groups in total. The molecule has 0 aromatic heterocycles. The Morgan fingerprint density at radius 2 is 1.76 bits per heavy atom. The number of amides is 2. The Morgan fingerprint density at radius 3 is 2.29 bits per heavy atom. The van der Waals surface area contributed by atoms with Gasteiger partial charge in [-0.15, -0.1) is 6.58 Å². The summed E-state index contributed by atoms with van der Waals surface area (Å²) in [6, 6.07) is 4.41. The van der Waals surface area contributed by atoms with Crippen molar-refractivity contribution in [3.63, 3.8) is 0 Å². The summed E-state index contributed by atoms with van der Waals surface area (Å²) in [7, 11) is 6.27. The summed E-state index contributed by atoms with van der Waals surface area (Å²) in [6.45, 7) is 11.1. The van der Waals surface area contributed by atoms with Gasteiger partial charge >= 0.3 is 14.0 Å². The maximum absolute atomic E-state index is 13.0. The molecule has 0 bridgehead atoms. The second kappa shape index (κ2) is 15.3. The molecule has 0 saturated heterocycles. The van der Waals surface area contributed by atoms with Crippen molar-refractivity contribution in [2.24, 2.45) is 10.9 Å². The number of esters is 1. The zero-order valence-electron chi connectivity index (χ0n) is 19.9. The van der Waals surface area contributed by atoms with Crippen LogP contribution in [0.5, 0.6) is 5.75 Å². The van der Waals surface area contributed by atoms with E-state index in [1.807, 2.05) is 0 Å². The first-order valence-corrected chi connectivity index (χ1v) is 10.8. The molecule has 10 heteroatoms. The number of nitrogens with zero attached hydrogens (tertiary/aromatic N) is 1. The molecule has 0 saturated carbocycles. The SMILES string of the molecule is [B]OC=N[C@@H](Cc1ccc(OCC=C)cc1)C(=O)N[C@H](C(=O)N[C@@H](CC=C)C(=O)OC)C(C)C. The highest BCUT2D eigenvalue weighted by atomic mass is 16.5. The standard InChI is InChI=1S/C24H32BN3O6/c1-6-8-19(24(31)32-5)27-23(30)21(16(3)4)28-22(29)20(26-15-34-25)14-17-9-11-18(12-10-17)33-13-7-2/h6-7,9-12,15-16,19-21H,1-2,8,13-14H2,3-5H3,(H,27,30)(H,28,29)/t19-,20-,21-/m0/s1. The molecule has 0 aliphatic heterocycles. The topological polar surface area (TPSA) is 115 Å². The molecule has 2 radical (unpaired) electrons. The van der Waals surface area contributed by atoms with Crippen LogP contribution in [-0.2, 0) is 30.2 Å². The number of ether oxygens (including phenoxy) is 2. The fourth-order valence-electron chi connectivity index (χ4n) is 2.99. The van der Waals surface area contributed by atoms with Gasteiger partial charge in [0.15, 0.2) is 6.40 Å². The monoisotopic (exact) mass is 469 g/mol. The fourth-order valence-corrected chi connectivity index (χ4v) is 2.99. The summed E-state index contributed by atoms with van der Waals surface area (Å²) in [5, 5.41) is 5.32. The van der Waals surface area contributed by atoms with Crippen LogP contribution in [0.3, 0.4) is 0 Å². The number of carbonyl (C=O) groups excluding carboxylic acids is 3. The molecule has 1 rings (SSSR count). The quantitative estimate of drug-likeness (QED) is 0.133. The van der Waals surface area contributed by atoms with Crippen molar-refractivity contribution >= 4 is 32.2 Å². The van der Waals surface area contributed by atoms with Crippen molar-refractivity contribution in [3.05, 3.63) is 55.1 Å². The zero-order chi connectivity index (χ0) is 25.5. The lowest BCUT2D eigenvalue weighted by Crippen LogP contribution is -2.55. The average Bonchev–Trinajstić information content (AvgIpc) is 2.83. The van der Waals surface area contributed by atoms with Crippen LogP contribution in [0, 0.1) is 5.92 Å². The first-order valence-electron chi connectivity index (χ1n) is 10.8. The average molecular weight is 469 g/mol. The van der Waals surface area contributed by atoms with E-state index in [0.717, 1.165) is 12.0 Å². The Labute approximate surface area is 202 Å². The van der Waals surface area contributed by atoms with Crippen LogP contribution in [-0.4, -0.2) is 64.1 Å². The van der Waals surface area contributed by atoms with Crippen LogP contribution >= 0.6 is 0 Å². The molecule has 0 spiro atoms. The number of methoxy groups -OCH3 is 1. The molecular weight excluding hydrogens is 437 g/mol. The van der Waals surface area contributed by atoms with Crippen molar-refractivity contribution in [2.45, 2.75) is 44.8 Å². The highest BCUT2D eigenvalue weighted by molar-refractivity contribution is 6.02. The number of hydrogen-bond donors (Lipinski definition) is 2. The Kier molecular flexibility index (Phi) is 12.8. The lowest BCUT2D eigenvalue weighted by molar-refractivity contribution is -0.145. The fraction of sp³-hybridized carbons (Fsp3) is 0.417. The van der Waals surface area contributed by atoms with Crippen LogP contribution in [0.25, 0.3) is 0 Å². The number of nitrogens with one attached hydrogen (secondary N) is 2. The smallest absolute Gasteiger partial charge is 0.375 e. The van der Waals surface area contributed by atoms with Crippen molar-refractivity contribution in [1.82, 2.24) is 10.6 Å². The van der Waals surface area contributed by atoms with Gasteiger partial charge in [0.2, 0.25) is 11.8 Å². The lowest BCUT2D eigenvalue weighted by atomic mass is 10.0. The van der Waals surface area contributed by atoms with E-state index in [-0.39, 0.29) is 18.8 Å². The van der Waals surface area contributed by atoms with Gasteiger partial charge in [0.05, 0.1) is 7.11 Å². The van der Waals surface area contributed by atoms with Crippen molar-refractivity contribution < 1.29 is 28.5 Å². The molecule has 9 nitrogen and oxygen atoms in total. The number of rotatable bonds is 15. The molecule has 0 unspecified atom stereocenters. The minimum absolute atomic E-state index is 0.185. The van der Waals surface area contributed by atoms with Crippen molar-refractivity contribution in [2.75, 3.05) is 13.7 Å². The number of aliphatic imine (C=N–C) groups is 1. The minimum Gasteiger partial charge on any atom is -0.560 e. The maximum Gasteiger partial charge on any atom is 0.375 e. The summed E-state index contributed by atoms with van der Waals surface area (Å²) in [4.78, 5) is 41.9. The van der Waals surface area contributed by atoms with Gasteiger partial charge < -0.3 is 24.8 Å². The summed E-state index contributed by atoms with van der Waals surface area (Å²) < 4.78 is 14.6. The molecule has 2 amide bonds. The van der Waals surface area contributed by atoms with E-state index < -0.39 is 35.9 Å². The highest BCUT2D eigenvalue weighted by Crippen LogP contribution is 2.15. The Morgan fingerprint density at radius 1 is 1.09 bits per heavy atom. The van der Waals surface area contributed by atoms with Gasteiger partial charge in [0.25, 0.3) is 0 Å². The molecule has 3 atom stereocenters. The van der Waals surface area contributed by atoms with Crippen LogP contribution in [0.1, 0.15) is 25.8 Å². The number of carbonyl (C=O) groups is 3. The third-order valence-electron chi connectivity index (χ3n) is 4.78. The first kappa shape index (κ1) is 28.5. The number of hydrogen-bond acceptors (Lipinski definition) is 7. The molecule has 1 aromatic rings. The van der Waals surface area contributed by atoms with Crippen LogP contribution in [0.2, 0.25) is 0 Å². The van der Waals surface area contributed by atoms with E-state index in [9.17, 15) is 14.4 Å². The summed E-state index contributed by atoms with van der Waals surface area (Å²) in [5.74, 6) is -1.25. The minimum atomic E-state index is -0.921. The predicted octanol–water partition coefficient (Wildman–Crippen LogP) is 1.67. The van der Waals surface area contributed by atoms with Gasteiger partial charge in [-0.1, -0.05) is 44.7 Å². The van der Waals surface area contributed by atoms with E-state index in [4.69, 9.17) is 17.5 Å². The lowest BCUT2D eigenvalue weighted by Gasteiger charge is -2.25. The zero-order valence-corrected chi connectivity index (χ0v) is 19.9. The van der Waals surface area contributed by atoms with Crippen LogP contribution < -0.4 is 15.4 Å². The summed E-state index contributed by atoms with van der Waals surface area (Å²) >= 11 is 0. The van der Waals surface area contributed by atoms with Crippen LogP contribution in [0.15, 0.2) is 54.6 Å². The first-order chi connectivity index (χ1) is 16.3. The normalized spacial score (nSPS) is 13.4. The van der Waals surface area contributed by atoms with E-state index in [1.54, 1.807) is 44.2 Å². The molecule has 182 valence electrons. The molecule has 0 fully saturated rings. The van der Waals surface area contributed by atoms with E-state index in [1.165, 1.54) is 13.2 Å². The molecule has 0 aliphatic carbocycles. The van der Waals surface area contributed by atoms with Gasteiger partial charge in [-0.2, -0.15) is 0 Å².